The predicted octanol–water partition coefficient (Wildman–Crippen LogP) is 2.50. The predicted molar refractivity (Wildman–Crippen MR) is 116 cm³/mol. The number of hydrogen-bond acceptors (Lipinski definition) is 5. The molecule has 4 aromatic rings. The van der Waals surface area contributed by atoms with Crippen molar-refractivity contribution < 1.29 is 14.3 Å². The van der Waals surface area contributed by atoms with Gasteiger partial charge in [0.2, 0.25) is 5.91 Å². The Morgan fingerprint density at radius 3 is 2.52 bits per heavy atom. The van der Waals surface area contributed by atoms with E-state index in [1.54, 1.807) is 44.8 Å². The van der Waals surface area contributed by atoms with Crippen LogP contribution in [0.25, 0.3) is 16.8 Å². The van der Waals surface area contributed by atoms with E-state index in [0.29, 0.717) is 29.3 Å². The topological polar surface area (TPSA) is 86.9 Å². The van der Waals surface area contributed by atoms with E-state index < -0.39 is 0 Å². The second kappa shape index (κ2) is 8.74. The number of amides is 1. The number of benzene rings is 2. The Morgan fingerprint density at radius 1 is 1.00 bits per heavy atom. The van der Waals surface area contributed by atoms with Crippen molar-refractivity contribution >= 4 is 11.4 Å². The Morgan fingerprint density at radius 2 is 1.77 bits per heavy atom. The van der Waals surface area contributed by atoms with Crippen molar-refractivity contribution in [3.05, 3.63) is 82.9 Å². The molecule has 0 saturated carbocycles. The third kappa shape index (κ3) is 4.28. The standard InChI is InChI=1S/C23H22N4O4/c1-30-20-9-8-17(12-21(20)31-2)18-13-19-23(29)26(10-11-27(19)25-18)15-22(28)24-14-16-6-4-3-5-7-16/h3-13H,14-15H2,1-2H3,(H,24,28). The number of carbonyl (C=O) groups is 1. The van der Waals surface area contributed by atoms with Gasteiger partial charge in [-0.2, -0.15) is 5.10 Å². The highest BCUT2D eigenvalue weighted by Crippen LogP contribution is 2.31. The molecule has 0 fully saturated rings. The molecular weight excluding hydrogens is 396 g/mol. The fourth-order valence-corrected chi connectivity index (χ4v) is 3.29. The highest BCUT2D eigenvalue weighted by atomic mass is 16.5. The maximum Gasteiger partial charge on any atom is 0.277 e. The van der Waals surface area contributed by atoms with Crippen LogP contribution in [-0.2, 0) is 17.9 Å². The van der Waals surface area contributed by atoms with Crippen molar-refractivity contribution in [1.29, 1.82) is 0 Å². The van der Waals surface area contributed by atoms with Crippen LogP contribution in [0.15, 0.2) is 71.8 Å². The minimum absolute atomic E-state index is 0.0704. The number of fused-ring (bicyclic) bond motifs is 1. The van der Waals surface area contributed by atoms with E-state index in [2.05, 4.69) is 10.4 Å². The van der Waals surface area contributed by atoms with E-state index in [1.165, 1.54) is 9.08 Å². The molecule has 0 unspecified atom stereocenters. The Labute approximate surface area is 178 Å². The lowest BCUT2D eigenvalue weighted by atomic mass is 10.1. The molecule has 0 spiro atoms. The Hall–Kier alpha value is -4.07. The van der Waals surface area contributed by atoms with Gasteiger partial charge in [0.1, 0.15) is 12.1 Å². The summed E-state index contributed by atoms with van der Waals surface area (Å²) >= 11 is 0. The zero-order valence-corrected chi connectivity index (χ0v) is 17.2. The minimum Gasteiger partial charge on any atom is -0.493 e. The third-order valence-corrected chi connectivity index (χ3v) is 4.93. The number of nitrogens with zero attached hydrogens (tertiary/aromatic N) is 3. The van der Waals surface area contributed by atoms with Crippen LogP contribution in [-0.4, -0.2) is 34.3 Å². The summed E-state index contributed by atoms with van der Waals surface area (Å²) in [5, 5.41) is 7.31. The van der Waals surface area contributed by atoms with E-state index in [4.69, 9.17) is 9.47 Å². The van der Waals surface area contributed by atoms with Crippen LogP contribution in [0, 0.1) is 0 Å². The lowest BCUT2D eigenvalue weighted by Crippen LogP contribution is -2.32. The molecule has 2 aromatic heterocycles. The van der Waals surface area contributed by atoms with Crippen molar-refractivity contribution in [2.75, 3.05) is 14.2 Å². The summed E-state index contributed by atoms with van der Waals surface area (Å²) in [7, 11) is 3.13. The normalized spacial score (nSPS) is 10.8. The molecular formula is C23H22N4O4. The van der Waals surface area contributed by atoms with Crippen LogP contribution < -0.4 is 20.3 Å². The first-order valence-corrected chi connectivity index (χ1v) is 9.71. The lowest BCUT2D eigenvalue weighted by molar-refractivity contribution is -0.121. The van der Waals surface area contributed by atoms with E-state index in [9.17, 15) is 9.59 Å². The van der Waals surface area contributed by atoms with Crippen LogP contribution in [0.3, 0.4) is 0 Å². The molecule has 0 atom stereocenters. The number of nitrogens with one attached hydrogen (secondary N) is 1. The monoisotopic (exact) mass is 418 g/mol. The van der Waals surface area contributed by atoms with Gasteiger partial charge in [0.15, 0.2) is 11.5 Å². The van der Waals surface area contributed by atoms with Gasteiger partial charge in [0.05, 0.1) is 19.9 Å². The summed E-state index contributed by atoms with van der Waals surface area (Å²) in [6.45, 7) is 0.339. The summed E-state index contributed by atoms with van der Waals surface area (Å²) in [6.07, 6.45) is 3.22. The lowest BCUT2D eigenvalue weighted by Gasteiger charge is -2.08. The Kier molecular flexibility index (Phi) is 5.70. The Bertz CT molecular complexity index is 1280. The number of rotatable bonds is 7. The van der Waals surface area contributed by atoms with E-state index in [1.807, 2.05) is 36.4 Å². The zero-order chi connectivity index (χ0) is 21.8. The molecule has 2 aromatic carbocycles. The van der Waals surface area contributed by atoms with E-state index >= 15 is 0 Å². The van der Waals surface area contributed by atoms with E-state index in [-0.39, 0.29) is 18.0 Å². The molecule has 8 nitrogen and oxygen atoms in total. The average molecular weight is 418 g/mol. The molecule has 0 aliphatic heterocycles. The largest absolute Gasteiger partial charge is 0.493 e. The minimum atomic E-state index is -0.295. The fraction of sp³-hybridized carbons (Fsp3) is 0.174. The zero-order valence-electron chi connectivity index (χ0n) is 17.2. The van der Waals surface area contributed by atoms with Gasteiger partial charge in [-0.3, -0.25) is 9.59 Å². The molecule has 158 valence electrons. The molecule has 0 aliphatic rings. The molecule has 0 radical (unpaired) electrons. The van der Waals surface area contributed by atoms with Crippen LogP contribution in [0.2, 0.25) is 0 Å². The molecule has 4 rings (SSSR count). The maximum absolute atomic E-state index is 12.9. The van der Waals surface area contributed by atoms with Crippen LogP contribution >= 0.6 is 0 Å². The number of carbonyl (C=O) groups excluding carboxylic acids is 1. The molecule has 2 heterocycles. The van der Waals surface area contributed by atoms with Crippen molar-refractivity contribution in [2.24, 2.45) is 0 Å². The molecule has 0 saturated heterocycles. The molecule has 0 bridgehead atoms. The summed E-state index contributed by atoms with van der Waals surface area (Å²) in [5.41, 5.74) is 2.48. The van der Waals surface area contributed by atoms with E-state index in [0.717, 1.165) is 11.1 Å². The summed E-state index contributed by atoms with van der Waals surface area (Å²) < 4.78 is 13.5. The smallest absolute Gasteiger partial charge is 0.277 e. The number of ether oxygens (including phenoxy) is 2. The first-order valence-electron chi connectivity index (χ1n) is 9.71. The second-order valence-electron chi connectivity index (χ2n) is 6.92. The first kappa shape index (κ1) is 20.2. The highest BCUT2D eigenvalue weighted by molar-refractivity contribution is 5.76. The molecule has 31 heavy (non-hydrogen) atoms. The summed E-state index contributed by atoms with van der Waals surface area (Å²) in [6, 6.07) is 16.7. The van der Waals surface area contributed by atoms with Crippen LogP contribution in [0.4, 0.5) is 0 Å². The van der Waals surface area contributed by atoms with Crippen LogP contribution in [0.1, 0.15) is 5.56 Å². The molecule has 1 N–H and O–H groups in total. The summed E-state index contributed by atoms with van der Waals surface area (Å²) in [4.78, 5) is 25.2. The van der Waals surface area contributed by atoms with Crippen molar-refractivity contribution in [1.82, 2.24) is 19.5 Å². The highest BCUT2D eigenvalue weighted by Gasteiger charge is 2.13. The second-order valence-corrected chi connectivity index (χ2v) is 6.92. The van der Waals surface area contributed by atoms with Gasteiger partial charge >= 0.3 is 0 Å². The number of aromatic nitrogens is 3. The van der Waals surface area contributed by atoms with Gasteiger partial charge in [-0.1, -0.05) is 30.3 Å². The number of methoxy groups -OCH3 is 2. The Balaban J connectivity index is 1.55. The third-order valence-electron chi connectivity index (χ3n) is 4.93. The SMILES string of the molecule is COc1ccc(-c2cc3c(=O)n(CC(=O)NCc4ccccc4)ccn3n2)cc1OC. The average Bonchev–Trinajstić information content (AvgIpc) is 3.25. The van der Waals surface area contributed by atoms with Crippen molar-refractivity contribution in [2.45, 2.75) is 13.1 Å². The quantitative estimate of drug-likeness (QED) is 0.498. The molecule has 1 amide bonds. The summed E-state index contributed by atoms with van der Waals surface area (Å²) in [5.74, 6) is 0.943. The number of hydrogen-bond donors (Lipinski definition) is 1. The van der Waals surface area contributed by atoms with Gasteiger partial charge in [-0.25, -0.2) is 4.52 Å². The van der Waals surface area contributed by atoms with Gasteiger partial charge in [-0.05, 0) is 29.8 Å². The fourth-order valence-electron chi connectivity index (χ4n) is 3.29. The van der Waals surface area contributed by atoms with Gasteiger partial charge in [0, 0.05) is 24.5 Å². The van der Waals surface area contributed by atoms with Gasteiger partial charge in [-0.15, -0.1) is 0 Å². The van der Waals surface area contributed by atoms with Gasteiger partial charge < -0.3 is 19.4 Å². The van der Waals surface area contributed by atoms with Crippen molar-refractivity contribution in [3.8, 4) is 22.8 Å². The molecule has 0 aliphatic carbocycles. The van der Waals surface area contributed by atoms with Gasteiger partial charge in [0.25, 0.3) is 5.56 Å². The molecule has 8 heteroatoms. The first-order chi connectivity index (χ1) is 15.1. The van der Waals surface area contributed by atoms with Crippen molar-refractivity contribution in [3.63, 3.8) is 0 Å². The van der Waals surface area contributed by atoms with Crippen LogP contribution in [0.5, 0.6) is 11.5 Å². The maximum atomic E-state index is 12.9.